The summed E-state index contributed by atoms with van der Waals surface area (Å²) in [7, 11) is 0. The minimum absolute atomic E-state index is 0.0381. The Morgan fingerprint density at radius 3 is 2.53 bits per heavy atom. The zero-order valence-corrected chi connectivity index (χ0v) is 32.8. The molecule has 2 aromatic carbocycles. The first-order valence-corrected chi connectivity index (χ1v) is 21.0. The van der Waals surface area contributed by atoms with Gasteiger partial charge in [-0.1, -0.05) is 29.8 Å². The number of para-hydroxylation sites is 1. The number of aliphatic hydroxyl groups excluding tert-OH is 5. The van der Waals surface area contributed by atoms with Crippen molar-refractivity contribution in [1.29, 1.82) is 0 Å². The van der Waals surface area contributed by atoms with Crippen LogP contribution in [0.25, 0.3) is 11.1 Å². The lowest BCUT2D eigenvalue weighted by atomic mass is 9.85. The second kappa shape index (κ2) is 19.3. The predicted molar refractivity (Wildman–Crippen MR) is 212 cm³/mol. The highest BCUT2D eigenvalue weighted by Gasteiger charge is 2.45. The van der Waals surface area contributed by atoms with Crippen LogP contribution in [0.5, 0.6) is 5.75 Å². The fourth-order valence-electron chi connectivity index (χ4n) is 7.40. The van der Waals surface area contributed by atoms with Gasteiger partial charge in [-0.15, -0.1) is 11.8 Å². The minimum Gasteiger partial charge on any atom is -0.490 e. The molecule has 3 aromatic rings. The Balaban J connectivity index is 1.03. The van der Waals surface area contributed by atoms with E-state index in [2.05, 4.69) is 35.3 Å². The number of hydrogen-bond donors (Lipinski definition) is 5. The summed E-state index contributed by atoms with van der Waals surface area (Å²) in [6.07, 6.45) is 6.04. The summed E-state index contributed by atoms with van der Waals surface area (Å²) in [5.74, 6) is 1.02. The van der Waals surface area contributed by atoms with Crippen LogP contribution >= 0.6 is 23.4 Å². The third-order valence-electron chi connectivity index (χ3n) is 11.1. The highest BCUT2D eigenvalue weighted by molar-refractivity contribution is 7.99. The Morgan fingerprint density at radius 2 is 1.80 bits per heavy atom. The predicted octanol–water partition coefficient (Wildman–Crippen LogP) is 4.76. The first kappa shape index (κ1) is 41.4. The Labute approximate surface area is 332 Å². The van der Waals surface area contributed by atoms with Crippen LogP contribution in [-0.4, -0.2) is 121 Å². The minimum atomic E-state index is -1.98. The van der Waals surface area contributed by atoms with Gasteiger partial charge in [0.2, 0.25) is 5.91 Å². The Morgan fingerprint density at radius 1 is 1.02 bits per heavy atom. The molecule has 0 radical (unpaired) electrons. The summed E-state index contributed by atoms with van der Waals surface area (Å²) < 4.78 is 6.29. The summed E-state index contributed by atoms with van der Waals surface area (Å²) in [5.41, 5.74) is 4.71. The molecular weight excluding hydrogens is 742 g/mol. The molecule has 3 fully saturated rings. The van der Waals surface area contributed by atoms with Gasteiger partial charge in [-0.2, -0.15) is 0 Å². The summed E-state index contributed by atoms with van der Waals surface area (Å²) in [6, 6.07) is 16.6. The number of pyridine rings is 1. The number of hydrogen-bond acceptors (Lipinski definition) is 10. The molecule has 55 heavy (non-hydrogen) atoms. The van der Waals surface area contributed by atoms with Gasteiger partial charge in [-0.05, 0) is 122 Å². The van der Waals surface area contributed by atoms with Crippen molar-refractivity contribution in [2.75, 3.05) is 38.5 Å². The molecule has 2 heterocycles. The lowest BCUT2D eigenvalue weighted by Crippen LogP contribution is -2.53. The fraction of sp³-hybridized carbons (Fsp3) is 0.548. The number of amides is 2. The molecule has 0 unspecified atom stereocenters. The van der Waals surface area contributed by atoms with E-state index < -0.39 is 36.9 Å². The summed E-state index contributed by atoms with van der Waals surface area (Å²) in [6.45, 7) is 0.882. The molecule has 2 amide bonds. The smallest absolute Gasteiger partial charge is 0.254 e. The molecule has 6 rings (SSSR count). The summed E-state index contributed by atoms with van der Waals surface area (Å²) in [5, 5.41) is 50.7. The average Bonchev–Trinajstić information content (AvgIpc) is 4.15. The molecule has 5 N–H and O–H groups in total. The topological polar surface area (TPSA) is 164 Å². The fourth-order valence-corrected chi connectivity index (χ4v) is 8.58. The highest BCUT2D eigenvalue weighted by atomic mass is 35.5. The maximum absolute atomic E-state index is 13.3. The van der Waals surface area contributed by atoms with Crippen LogP contribution in [0.4, 0.5) is 0 Å². The number of unbranched alkanes of at least 4 members (excludes halogenated alkanes) is 1. The third-order valence-corrected chi connectivity index (χ3v) is 12.5. The van der Waals surface area contributed by atoms with Gasteiger partial charge in [0, 0.05) is 60.5 Å². The Kier molecular flexibility index (Phi) is 14.5. The molecule has 0 spiro atoms. The van der Waals surface area contributed by atoms with Crippen molar-refractivity contribution in [2.24, 2.45) is 0 Å². The van der Waals surface area contributed by atoms with Crippen molar-refractivity contribution in [3.05, 3.63) is 77.1 Å². The molecule has 4 atom stereocenters. The van der Waals surface area contributed by atoms with Crippen molar-refractivity contribution in [3.63, 3.8) is 0 Å². The Hall–Kier alpha value is -3.23. The number of thioether (sulfide) groups is 1. The number of carbonyl (C=O) groups is 2. The van der Waals surface area contributed by atoms with E-state index in [1.54, 1.807) is 16.7 Å². The SMILES string of the molecule is O=C1CCCN1CCCN(CCCCSc1ccc(Cl)c(CCC2(c3cnccc3-c3ccccc3OC3CC3)CC2)c1)C(=O)[C@@H](O)[C@@H](O)[C@H](O)[C@@H](O)CO. The first-order chi connectivity index (χ1) is 26.6. The largest absolute Gasteiger partial charge is 0.490 e. The van der Waals surface area contributed by atoms with E-state index in [4.69, 9.17) is 21.4 Å². The first-order valence-electron chi connectivity index (χ1n) is 19.6. The molecule has 1 aromatic heterocycles. The number of aliphatic hydroxyl groups is 5. The van der Waals surface area contributed by atoms with Crippen LogP contribution in [0.2, 0.25) is 5.02 Å². The molecule has 13 heteroatoms. The van der Waals surface area contributed by atoms with Crippen LogP contribution < -0.4 is 4.74 Å². The van der Waals surface area contributed by atoms with Crippen molar-refractivity contribution in [1.82, 2.24) is 14.8 Å². The van der Waals surface area contributed by atoms with Crippen LogP contribution in [0.1, 0.15) is 75.3 Å². The van der Waals surface area contributed by atoms with E-state index in [0.29, 0.717) is 45.0 Å². The van der Waals surface area contributed by atoms with Gasteiger partial charge >= 0.3 is 0 Å². The van der Waals surface area contributed by atoms with Gasteiger partial charge < -0.3 is 40.1 Å². The maximum Gasteiger partial charge on any atom is 0.254 e. The molecule has 1 aliphatic heterocycles. The number of halogens is 1. The molecular formula is C42H54ClN3O8S. The lowest BCUT2D eigenvalue weighted by molar-refractivity contribution is -0.158. The van der Waals surface area contributed by atoms with Crippen LogP contribution in [0, 0.1) is 0 Å². The molecule has 2 aliphatic carbocycles. The maximum atomic E-state index is 13.3. The average molecular weight is 796 g/mol. The van der Waals surface area contributed by atoms with E-state index in [1.807, 2.05) is 30.6 Å². The Bertz CT molecular complexity index is 1760. The number of benzene rings is 2. The molecule has 3 aliphatic rings. The monoisotopic (exact) mass is 795 g/mol. The number of nitrogens with zero attached hydrogens (tertiary/aromatic N) is 3. The summed E-state index contributed by atoms with van der Waals surface area (Å²) in [4.78, 5) is 34.2. The second-order valence-electron chi connectivity index (χ2n) is 15.2. The molecule has 2 saturated carbocycles. The van der Waals surface area contributed by atoms with Gasteiger partial charge in [0.1, 0.15) is 24.1 Å². The van der Waals surface area contributed by atoms with Crippen molar-refractivity contribution < 1.29 is 39.9 Å². The number of ether oxygens (including phenoxy) is 1. The zero-order chi connectivity index (χ0) is 39.0. The molecule has 1 saturated heterocycles. The normalized spacial score (nSPS) is 18.5. The molecule has 298 valence electrons. The van der Waals surface area contributed by atoms with E-state index >= 15 is 0 Å². The number of carbonyl (C=O) groups excluding carboxylic acids is 2. The van der Waals surface area contributed by atoms with Crippen molar-refractivity contribution in [3.8, 4) is 16.9 Å². The van der Waals surface area contributed by atoms with Crippen LogP contribution in [0.3, 0.4) is 0 Å². The van der Waals surface area contributed by atoms with Gasteiger partial charge in [-0.25, -0.2) is 0 Å². The van der Waals surface area contributed by atoms with Crippen molar-refractivity contribution in [2.45, 2.75) is 111 Å². The van der Waals surface area contributed by atoms with Gasteiger partial charge in [-0.3, -0.25) is 14.6 Å². The van der Waals surface area contributed by atoms with Gasteiger partial charge in [0.25, 0.3) is 5.91 Å². The van der Waals surface area contributed by atoms with E-state index in [1.165, 1.54) is 16.0 Å². The van der Waals surface area contributed by atoms with Gasteiger partial charge in [0.05, 0.1) is 12.7 Å². The number of rotatable bonds is 22. The number of aromatic nitrogens is 1. The quantitative estimate of drug-likeness (QED) is 0.0709. The van der Waals surface area contributed by atoms with E-state index in [0.717, 1.165) is 83.9 Å². The highest BCUT2D eigenvalue weighted by Crippen LogP contribution is 2.55. The van der Waals surface area contributed by atoms with Crippen LogP contribution in [-0.2, 0) is 21.4 Å². The van der Waals surface area contributed by atoms with E-state index in [-0.39, 0.29) is 17.9 Å². The lowest BCUT2D eigenvalue weighted by Gasteiger charge is -2.30. The summed E-state index contributed by atoms with van der Waals surface area (Å²) >= 11 is 8.46. The third kappa shape index (κ3) is 10.8. The number of aryl methyl sites for hydroxylation is 1. The van der Waals surface area contributed by atoms with Crippen LogP contribution in [0.15, 0.2) is 65.8 Å². The van der Waals surface area contributed by atoms with Crippen molar-refractivity contribution >= 4 is 35.2 Å². The van der Waals surface area contributed by atoms with Gasteiger partial charge in [0.15, 0.2) is 6.10 Å². The van der Waals surface area contributed by atoms with E-state index in [9.17, 15) is 30.0 Å². The second-order valence-corrected chi connectivity index (χ2v) is 16.7. The molecule has 0 bridgehead atoms. The standard InChI is InChI=1S/C42H54ClN3O8S/c43-34-13-12-30(25-28(34)14-16-42(17-18-42)33-26-44-19-15-31(33)32-7-1-2-8-36(32)54-29-10-11-29)55-24-4-3-20-46(23-6-22-45-21-5-9-37(45)49)41(53)40(52)39(51)38(50)35(48)27-47/h1-2,7-8,12-13,15,19,25-26,29,35,38-40,47-48,50-52H,3-6,9-11,14,16-18,20-24,27H2/t35-,38+,39-,40-/m0/s1. The zero-order valence-electron chi connectivity index (χ0n) is 31.3. The molecule has 11 nitrogen and oxygen atoms in total. The number of likely N-dealkylation sites (tertiary alicyclic amines) is 1.